The van der Waals surface area contributed by atoms with Gasteiger partial charge in [0, 0.05) is 20.1 Å². The zero-order chi connectivity index (χ0) is 31.5. The van der Waals surface area contributed by atoms with Gasteiger partial charge in [0.15, 0.2) is 16.3 Å². The van der Waals surface area contributed by atoms with E-state index in [0.29, 0.717) is 57.9 Å². The molecule has 0 saturated carbocycles. The van der Waals surface area contributed by atoms with E-state index in [0.717, 1.165) is 5.56 Å². The van der Waals surface area contributed by atoms with Crippen molar-refractivity contribution in [3.63, 3.8) is 0 Å². The largest absolute Gasteiger partial charge is 0.493 e. The first-order valence-corrected chi connectivity index (χ1v) is 15.8. The first-order chi connectivity index (χ1) is 21.1. The average molecular weight is 718 g/mol. The third kappa shape index (κ3) is 6.44. The number of esters is 1. The van der Waals surface area contributed by atoms with Crippen LogP contribution in [-0.4, -0.2) is 31.4 Å². The molecule has 2 heterocycles. The van der Waals surface area contributed by atoms with Gasteiger partial charge in [-0.3, -0.25) is 9.36 Å². The lowest BCUT2D eigenvalue weighted by Gasteiger charge is -2.26. The monoisotopic (exact) mass is 716 g/mol. The molecule has 0 amide bonds. The molecule has 8 nitrogen and oxygen atoms in total. The number of nitrogens with zero attached hydrogens (tertiary/aromatic N) is 2. The van der Waals surface area contributed by atoms with Crippen molar-refractivity contribution in [3.05, 3.63) is 117 Å². The first kappa shape index (κ1) is 31.8. The minimum absolute atomic E-state index is 0.159. The number of methoxy groups -OCH3 is 2. The van der Waals surface area contributed by atoms with Crippen LogP contribution in [0.5, 0.6) is 17.2 Å². The maximum Gasteiger partial charge on any atom is 0.338 e. The van der Waals surface area contributed by atoms with Crippen molar-refractivity contribution in [2.24, 2.45) is 4.99 Å². The number of thiazole rings is 1. The predicted octanol–water partition coefficient (Wildman–Crippen LogP) is 6.46. The summed E-state index contributed by atoms with van der Waals surface area (Å²) in [5, 5.41) is 1.09. The van der Waals surface area contributed by atoms with E-state index in [2.05, 4.69) is 20.9 Å². The number of fused-ring (bicyclic) bond motifs is 1. The second-order valence-corrected chi connectivity index (χ2v) is 12.4. The van der Waals surface area contributed by atoms with E-state index in [1.807, 2.05) is 18.2 Å². The molecule has 1 aliphatic heterocycles. The predicted molar refractivity (Wildman–Crippen MR) is 175 cm³/mol. The van der Waals surface area contributed by atoms with Crippen LogP contribution in [0.4, 0.5) is 0 Å². The van der Waals surface area contributed by atoms with Gasteiger partial charge in [-0.1, -0.05) is 62.6 Å². The Morgan fingerprint density at radius 2 is 1.77 bits per heavy atom. The summed E-state index contributed by atoms with van der Waals surface area (Å²) >= 11 is 17.3. The molecule has 5 rings (SSSR count). The Hall–Kier alpha value is -3.57. The molecule has 0 aliphatic carbocycles. The normalized spacial score (nSPS) is 14.6. The Morgan fingerprint density at radius 3 is 2.48 bits per heavy atom. The number of hydrogen-bond donors (Lipinski definition) is 0. The molecule has 0 unspecified atom stereocenters. The lowest BCUT2D eigenvalue weighted by molar-refractivity contribution is -0.139. The first-order valence-electron chi connectivity index (χ1n) is 13.4. The molecule has 228 valence electrons. The maximum absolute atomic E-state index is 14.2. The van der Waals surface area contributed by atoms with Crippen molar-refractivity contribution in [2.75, 3.05) is 20.8 Å². The molecule has 44 heavy (non-hydrogen) atoms. The van der Waals surface area contributed by atoms with Gasteiger partial charge in [0.05, 0.1) is 42.7 Å². The van der Waals surface area contributed by atoms with E-state index in [9.17, 15) is 9.59 Å². The van der Waals surface area contributed by atoms with E-state index >= 15 is 0 Å². The van der Waals surface area contributed by atoms with Crippen molar-refractivity contribution in [1.29, 1.82) is 0 Å². The third-order valence-corrected chi connectivity index (χ3v) is 9.00. The molecule has 1 atom stereocenters. The Labute approximate surface area is 275 Å². The van der Waals surface area contributed by atoms with Gasteiger partial charge in [0.2, 0.25) is 0 Å². The smallest absolute Gasteiger partial charge is 0.338 e. The zero-order valence-corrected chi connectivity index (χ0v) is 28.1. The molecule has 0 fully saturated rings. The number of ether oxygens (including phenoxy) is 4. The minimum Gasteiger partial charge on any atom is -0.493 e. The van der Waals surface area contributed by atoms with Crippen molar-refractivity contribution < 1.29 is 23.7 Å². The molecule has 0 spiro atoms. The number of carbonyl (C=O) groups excluding carboxylic acids is 1. The molecule has 0 bridgehead atoms. The minimum atomic E-state index is -0.862. The van der Waals surface area contributed by atoms with Crippen LogP contribution >= 0.6 is 50.5 Å². The summed E-state index contributed by atoms with van der Waals surface area (Å²) in [6.07, 6.45) is 1.72. The summed E-state index contributed by atoms with van der Waals surface area (Å²) < 4.78 is 25.0. The molecule has 4 aromatic rings. The summed E-state index contributed by atoms with van der Waals surface area (Å²) in [7, 11) is 3.05. The number of halogens is 3. The molecule has 1 aliphatic rings. The highest BCUT2D eigenvalue weighted by molar-refractivity contribution is 9.10. The number of allylic oxidation sites excluding steroid dienone is 1. The van der Waals surface area contributed by atoms with E-state index in [4.69, 9.17) is 42.1 Å². The standard InChI is InChI=1S/C32H27BrCl2N2O6S/c1-5-42-31(39)28-17(2)36-32-37(29(28)22-14-25(40-3)26(41-4)15-23(22)33)30(38)27(44-32)13-19-12-21(35)9-10-24(19)43-16-18-7-6-8-20(34)11-18/h6-15,29H,5,16H2,1-4H3/b27-13-/t29-/m0/s1. The van der Waals surface area contributed by atoms with Crippen molar-refractivity contribution in [1.82, 2.24) is 4.57 Å². The van der Waals surface area contributed by atoms with Crippen molar-refractivity contribution in [3.8, 4) is 17.2 Å². The van der Waals surface area contributed by atoms with Gasteiger partial charge in [0.1, 0.15) is 12.4 Å². The van der Waals surface area contributed by atoms with Crippen LogP contribution in [0.3, 0.4) is 0 Å². The van der Waals surface area contributed by atoms with Gasteiger partial charge in [0.25, 0.3) is 5.56 Å². The van der Waals surface area contributed by atoms with Crippen molar-refractivity contribution >= 4 is 62.5 Å². The summed E-state index contributed by atoms with van der Waals surface area (Å²) in [5.41, 5.74) is 2.43. The quantitative estimate of drug-likeness (QED) is 0.185. The Balaban J connectivity index is 1.67. The lowest BCUT2D eigenvalue weighted by Crippen LogP contribution is -2.40. The molecule has 0 N–H and O–H groups in total. The van der Waals surface area contributed by atoms with Crippen LogP contribution in [0.15, 0.2) is 80.1 Å². The molecule has 3 aromatic carbocycles. The number of benzene rings is 3. The summed E-state index contributed by atoms with van der Waals surface area (Å²) in [6.45, 7) is 3.87. The highest BCUT2D eigenvalue weighted by Gasteiger charge is 2.35. The van der Waals surface area contributed by atoms with Crippen LogP contribution in [0, 0.1) is 0 Å². The number of aromatic nitrogens is 1. The van der Waals surface area contributed by atoms with Crippen LogP contribution < -0.4 is 29.1 Å². The third-order valence-electron chi connectivity index (χ3n) is 6.86. The number of hydrogen-bond acceptors (Lipinski definition) is 8. The van der Waals surface area contributed by atoms with Crippen LogP contribution in [0.1, 0.15) is 36.6 Å². The van der Waals surface area contributed by atoms with Gasteiger partial charge >= 0.3 is 5.97 Å². The van der Waals surface area contributed by atoms with Gasteiger partial charge < -0.3 is 18.9 Å². The van der Waals surface area contributed by atoms with E-state index in [-0.39, 0.29) is 24.3 Å². The fourth-order valence-corrected chi connectivity index (χ4v) is 6.83. The van der Waals surface area contributed by atoms with Gasteiger partial charge in [-0.15, -0.1) is 0 Å². The molecular weight excluding hydrogens is 691 g/mol. The summed E-state index contributed by atoms with van der Waals surface area (Å²) in [5.74, 6) is 0.885. The number of rotatable bonds is 9. The Morgan fingerprint density at radius 1 is 1.05 bits per heavy atom. The second kappa shape index (κ2) is 13.6. The zero-order valence-electron chi connectivity index (χ0n) is 24.2. The molecule has 0 saturated heterocycles. The van der Waals surface area contributed by atoms with E-state index in [1.165, 1.54) is 30.1 Å². The van der Waals surface area contributed by atoms with E-state index < -0.39 is 12.0 Å². The van der Waals surface area contributed by atoms with Gasteiger partial charge in [-0.2, -0.15) is 0 Å². The molecule has 1 aromatic heterocycles. The van der Waals surface area contributed by atoms with Crippen LogP contribution in [0.25, 0.3) is 6.08 Å². The fourth-order valence-electron chi connectivity index (χ4n) is 4.86. The average Bonchev–Trinajstić information content (AvgIpc) is 3.29. The van der Waals surface area contributed by atoms with Gasteiger partial charge in [-0.25, -0.2) is 9.79 Å². The molecular formula is C32H27BrCl2N2O6S. The number of carbonyl (C=O) groups is 1. The van der Waals surface area contributed by atoms with Crippen LogP contribution in [-0.2, 0) is 16.1 Å². The maximum atomic E-state index is 14.2. The summed E-state index contributed by atoms with van der Waals surface area (Å²) in [6, 6.07) is 15.2. The topological polar surface area (TPSA) is 88.4 Å². The SMILES string of the molecule is CCOC(=O)C1=C(C)N=c2s/c(=C\c3cc(Cl)ccc3OCc3cccc(Cl)c3)c(=O)n2[C@H]1c1cc(OC)c(OC)cc1Br. The fraction of sp³-hybridized carbons (Fsp3) is 0.219. The second-order valence-electron chi connectivity index (χ2n) is 9.63. The summed E-state index contributed by atoms with van der Waals surface area (Å²) in [4.78, 5) is 32.6. The highest BCUT2D eigenvalue weighted by Crippen LogP contribution is 2.41. The van der Waals surface area contributed by atoms with Crippen molar-refractivity contribution in [2.45, 2.75) is 26.5 Å². The highest BCUT2D eigenvalue weighted by atomic mass is 79.9. The van der Waals surface area contributed by atoms with E-state index in [1.54, 1.807) is 56.3 Å². The molecule has 0 radical (unpaired) electrons. The lowest BCUT2D eigenvalue weighted by atomic mass is 9.95. The van der Waals surface area contributed by atoms with Crippen LogP contribution in [0.2, 0.25) is 10.0 Å². The van der Waals surface area contributed by atoms with Gasteiger partial charge in [-0.05, 0) is 73.5 Å². The molecule has 12 heteroatoms. The Bertz CT molecular complexity index is 1970. The Kier molecular flexibility index (Phi) is 9.84.